The van der Waals surface area contributed by atoms with Crippen LogP contribution in [-0.2, 0) is 4.79 Å². The van der Waals surface area contributed by atoms with Crippen molar-refractivity contribution in [2.45, 2.75) is 25.5 Å². The van der Waals surface area contributed by atoms with E-state index in [1.807, 2.05) is 6.92 Å². The molecule has 0 heterocycles. The maximum Gasteiger partial charge on any atom is 0.257 e. The van der Waals surface area contributed by atoms with Crippen molar-refractivity contribution in [2.75, 3.05) is 19.4 Å². The third-order valence-corrected chi connectivity index (χ3v) is 4.98. The highest BCUT2D eigenvalue weighted by Gasteiger charge is 2.39. The summed E-state index contributed by atoms with van der Waals surface area (Å²) in [6, 6.07) is 10.3. The molecule has 0 saturated carbocycles. The average molecular weight is 413 g/mol. The van der Waals surface area contributed by atoms with Crippen LogP contribution in [0.4, 0.5) is 10.1 Å². The van der Waals surface area contributed by atoms with Gasteiger partial charge in [0.25, 0.3) is 5.91 Å². The Bertz CT molecular complexity index is 1000. The average Bonchev–Trinajstić information content (AvgIpc) is 2.74. The molecule has 8 heteroatoms. The van der Waals surface area contributed by atoms with Crippen molar-refractivity contribution in [3.05, 3.63) is 70.8 Å². The zero-order valence-corrected chi connectivity index (χ0v) is 16.9. The van der Waals surface area contributed by atoms with Gasteiger partial charge in [-0.2, -0.15) is 0 Å². The van der Waals surface area contributed by atoms with Crippen LogP contribution in [0.2, 0.25) is 0 Å². The van der Waals surface area contributed by atoms with Crippen LogP contribution in [-0.4, -0.2) is 47.0 Å². The molecule has 1 unspecified atom stereocenters. The second-order valence-electron chi connectivity index (χ2n) is 7.24. The number of nitrogens with zero attached hydrogens (tertiary/aromatic N) is 1. The summed E-state index contributed by atoms with van der Waals surface area (Å²) in [7, 11) is 3.14. The first-order valence-corrected chi connectivity index (χ1v) is 9.53. The lowest BCUT2D eigenvalue weighted by Crippen LogP contribution is -2.46. The Hall–Kier alpha value is -3.39. The number of amides is 1. The number of phenolic OH excluding ortho intramolecular Hbond substituents is 1. The van der Waals surface area contributed by atoms with Gasteiger partial charge < -0.3 is 25.7 Å². The molecule has 3 rings (SSSR count). The number of carbonyl (C=O) groups is 2. The minimum absolute atomic E-state index is 0.0881. The van der Waals surface area contributed by atoms with Crippen molar-refractivity contribution in [2.24, 2.45) is 0 Å². The quantitative estimate of drug-likeness (QED) is 0.521. The number of aromatic hydroxyl groups is 1. The number of anilines is 1. The summed E-state index contributed by atoms with van der Waals surface area (Å²) in [5.74, 6) is -1.56. The Morgan fingerprint density at radius 3 is 2.47 bits per heavy atom. The maximum atomic E-state index is 13.2. The topological polar surface area (TPSA) is 102 Å². The molecular formula is C22H24FN3O4. The van der Waals surface area contributed by atoms with E-state index in [0.717, 1.165) is 5.56 Å². The molecule has 1 aliphatic carbocycles. The van der Waals surface area contributed by atoms with Gasteiger partial charge in [0.05, 0.1) is 23.0 Å². The predicted molar refractivity (Wildman–Crippen MR) is 110 cm³/mol. The third kappa shape index (κ3) is 3.99. The first kappa shape index (κ1) is 21.3. The van der Waals surface area contributed by atoms with Crippen molar-refractivity contribution >= 4 is 17.4 Å². The fourth-order valence-electron chi connectivity index (χ4n) is 3.24. The van der Waals surface area contributed by atoms with Gasteiger partial charge in [-0.25, -0.2) is 4.39 Å². The number of hydrogen-bond acceptors (Lipinski definition) is 6. The minimum Gasteiger partial charge on any atom is -0.505 e. The lowest BCUT2D eigenvalue weighted by molar-refractivity contribution is -0.124. The number of hydrogen-bond donors (Lipinski definition) is 4. The number of rotatable bonds is 7. The number of benzene rings is 2. The van der Waals surface area contributed by atoms with Gasteiger partial charge in [-0.1, -0.05) is 25.1 Å². The largest absolute Gasteiger partial charge is 0.505 e. The van der Waals surface area contributed by atoms with Crippen molar-refractivity contribution in [3.63, 3.8) is 0 Å². The summed E-state index contributed by atoms with van der Waals surface area (Å²) in [5.41, 5.74) is 1.45. The van der Waals surface area contributed by atoms with Crippen molar-refractivity contribution in [3.8, 4) is 5.75 Å². The molecule has 0 radical (unpaired) electrons. The second kappa shape index (κ2) is 8.54. The molecule has 1 aliphatic rings. The first-order chi connectivity index (χ1) is 14.2. The Morgan fingerprint density at radius 1 is 1.20 bits per heavy atom. The number of aliphatic hydroxyl groups excluding tert-OH is 1. The number of para-hydroxylation sites is 1. The van der Waals surface area contributed by atoms with Gasteiger partial charge in [0.15, 0.2) is 11.9 Å². The van der Waals surface area contributed by atoms with E-state index in [4.69, 9.17) is 0 Å². The van der Waals surface area contributed by atoms with Crippen LogP contribution in [0.3, 0.4) is 0 Å². The normalized spacial score (nSPS) is 16.7. The summed E-state index contributed by atoms with van der Waals surface area (Å²) < 4.78 is 13.2. The molecule has 2 aromatic carbocycles. The molecule has 2 atom stereocenters. The maximum absolute atomic E-state index is 13.2. The van der Waals surface area contributed by atoms with E-state index in [1.54, 1.807) is 32.3 Å². The Balaban J connectivity index is 1.89. The number of halogens is 1. The standard InChI is InChI=1S/C22H24FN3O4/c1-4-15(12-8-10-13(23)11-9-12)24-17-18(21(29)20(17)28)25-16-7-5-6-14(19(16)27)22(30)26(2)3/h5-11,15,20,24-25,27-28H,4H2,1-3H3/t15-,20?/m1/s1. The van der Waals surface area contributed by atoms with Crippen molar-refractivity contribution < 1.29 is 24.2 Å². The zero-order chi connectivity index (χ0) is 22.0. The number of phenols is 1. The van der Waals surface area contributed by atoms with Crippen LogP contribution in [0, 0.1) is 5.82 Å². The molecule has 0 aromatic heterocycles. The second-order valence-corrected chi connectivity index (χ2v) is 7.24. The van der Waals surface area contributed by atoms with Gasteiger partial charge in [0.2, 0.25) is 5.78 Å². The smallest absolute Gasteiger partial charge is 0.257 e. The number of carbonyl (C=O) groups excluding carboxylic acids is 2. The molecule has 0 fully saturated rings. The highest BCUT2D eigenvalue weighted by atomic mass is 19.1. The van der Waals surface area contributed by atoms with E-state index in [1.165, 1.54) is 29.2 Å². The molecule has 7 nitrogen and oxygen atoms in total. The van der Waals surface area contributed by atoms with E-state index in [-0.39, 0.29) is 46.2 Å². The van der Waals surface area contributed by atoms with Gasteiger partial charge in [-0.05, 0) is 36.2 Å². The van der Waals surface area contributed by atoms with E-state index >= 15 is 0 Å². The summed E-state index contributed by atoms with van der Waals surface area (Å²) in [6.45, 7) is 1.92. The molecule has 0 spiro atoms. The van der Waals surface area contributed by atoms with Gasteiger partial charge in [0, 0.05) is 14.1 Å². The Labute approximate surface area is 173 Å². The van der Waals surface area contributed by atoms with E-state index in [2.05, 4.69) is 10.6 Å². The number of Topliss-reactive ketones (excluding diaryl/α,β-unsaturated/α-hetero) is 1. The molecule has 0 aliphatic heterocycles. The Morgan fingerprint density at radius 2 is 1.87 bits per heavy atom. The molecular weight excluding hydrogens is 389 g/mol. The number of ketones is 1. The van der Waals surface area contributed by atoms with Crippen LogP contribution in [0.1, 0.15) is 35.3 Å². The number of aliphatic hydroxyl groups is 1. The summed E-state index contributed by atoms with van der Waals surface area (Å²) in [4.78, 5) is 25.8. The lowest BCUT2D eigenvalue weighted by atomic mass is 9.92. The molecule has 1 amide bonds. The number of nitrogens with one attached hydrogen (secondary N) is 2. The van der Waals surface area contributed by atoms with Crippen LogP contribution < -0.4 is 10.6 Å². The summed E-state index contributed by atoms with van der Waals surface area (Å²) >= 11 is 0. The van der Waals surface area contributed by atoms with E-state index < -0.39 is 11.9 Å². The highest BCUT2D eigenvalue weighted by molar-refractivity contribution is 6.11. The molecule has 30 heavy (non-hydrogen) atoms. The molecule has 2 aromatic rings. The first-order valence-electron chi connectivity index (χ1n) is 9.53. The predicted octanol–water partition coefficient (Wildman–Crippen LogP) is 2.54. The van der Waals surface area contributed by atoms with Gasteiger partial charge in [-0.15, -0.1) is 0 Å². The minimum atomic E-state index is -1.32. The van der Waals surface area contributed by atoms with Crippen LogP contribution in [0.25, 0.3) is 0 Å². The van der Waals surface area contributed by atoms with Gasteiger partial charge in [0.1, 0.15) is 11.5 Å². The SMILES string of the molecule is CC[C@@H](NC1=C(Nc2cccc(C(=O)N(C)C)c2O)C(=O)C1O)c1ccc(F)cc1. The fraction of sp³-hybridized carbons (Fsp3) is 0.273. The van der Waals surface area contributed by atoms with Crippen LogP contribution >= 0.6 is 0 Å². The third-order valence-electron chi connectivity index (χ3n) is 4.98. The van der Waals surface area contributed by atoms with Crippen LogP contribution in [0.15, 0.2) is 53.9 Å². The van der Waals surface area contributed by atoms with Crippen LogP contribution in [0.5, 0.6) is 5.75 Å². The molecule has 4 N–H and O–H groups in total. The molecule has 0 bridgehead atoms. The van der Waals surface area contributed by atoms with E-state index in [9.17, 15) is 24.2 Å². The monoisotopic (exact) mass is 413 g/mol. The summed E-state index contributed by atoms with van der Waals surface area (Å²) in [6.07, 6.45) is -0.697. The van der Waals surface area contributed by atoms with Crippen molar-refractivity contribution in [1.82, 2.24) is 10.2 Å². The van der Waals surface area contributed by atoms with Crippen molar-refractivity contribution in [1.29, 1.82) is 0 Å². The van der Waals surface area contributed by atoms with Gasteiger partial charge in [-0.3, -0.25) is 9.59 Å². The zero-order valence-electron chi connectivity index (χ0n) is 16.9. The van der Waals surface area contributed by atoms with Gasteiger partial charge >= 0.3 is 0 Å². The fourth-order valence-corrected chi connectivity index (χ4v) is 3.24. The Kier molecular flexibility index (Phi) is 6.07. The molecule has 0 saturated heterocycles. The van der Waals surface area contributed by atoms with E-state index in [0.29, 0.717) is 6.42 Å². The lowest BCUT2D eigenvalue weighted by Gasteiger charge is -2.33. The highest BCUT2D eigenvalue weighted by Crippen LogP contribution is 2.33. The molecule has 158 valence electrons. The summed E-state index contributed by atoms with van der Waals surface area (Å²) in [5, 5.41) is 26.6.